The van der Waals surface area contributed by atoms with Gasteiger partial charge >= 0.3 is 0 Å². The maximum absolute atomic E-state index is 12.3. The first-order valence-corrected chi connectivity index (χ1v) is 7.41. The smallest absolute Gasteiger partial charge is 0.255 e. The molecule has 21 heavy (non-hydrogen) atoms. The van der Waals surface area contributed by atoms with Gasteiger partial charge in [-0.05, 0) is 51.6 Å². The molecule has 1 aromatic heterocycles. The van der Waals surface area contributed by atoms with Crippen molar-refractivity contribution in [3.05, 3.63) is 69.9 Å². The van der Waals surface area contributed by atoms with Crippen molar-refractivity contribution in [2.24, 2.45) is 0 Å². The maximum Gasteiger partial charge on any atom is 0.255 e. The molecule has 0 unspecified atom stereocenters. The van der Waals surface area contributed by atoms with Crippen LogP contribution in [-0.4, -0.2) is 10.9 Å². The summed E-state index contributed by atoms with van der Waals surface area (Å²) in [7, 11) is 0. The molecule has 0 fully saturated rings. The molecular weight excluding hydrogens is 352 g/mol. The lowest BCUT2D eigenvalue weighted by molar-refractivity contribution is 0.102. The highest BCUT2D eigenvalue weighted by Crippen LogP contribution is 2.25. The lowest BCUT2D eigenvalue weighted by Gasteiger charge is -2.09. The van der Waals surface area contributed by atoms with E-state index in [4.69, 9.17) is 11.6 Å². The zero-order valence-corrected chi connectivity index (χ0v) is 13.1. The Balaban J connectivity index is 1.94. The number of nitrogens with one attached hydrogen (secondary N) is 1. The number of fused-ring (bicyclic) bond motifs is 1. The van der Waals surface area contributed by atoms with Gasteiger partial charge in [0.25, 0.3) is 5.91 Å². The third kappa shape index (κ3) is 2.91. The van der Waals surface area contributed by atoms with Crippen LogP contribution in [0.3, 0.4) is 0 Å². The third-order valence-electron chi connectivity index (χ3n) is 3.11. The number of carbonyl (C=O) groups is 1. The van der Waals surface area contributed by atoms with E-state index in [1.807, 2.05) is 24.3 Å². The topological polar surface area (TPSA) is 42.0 Å². The highest BCUT2D eigenvalue weighted by Gasteiger charge is 2.10. The van der Waals surface area contributed by atoms with Crippen molar-refractivity contribution in [2.75, 3.05) is 5.32 Å². The molecule has 0 aliphatic heterocycles. The second-order valence-corrected chi connectivity index (χ2v) is 5.75. The predicted molar refractivity (Wildman–Crippen MR) is 88.8 cm³/mol. The molecule has 0 saturated carbocycles. The second kappa shape index (κ2) is 5.84. The molecule has 0 aliphatic rings. The maximum atomic E-state index is 12.3. The SMILES string of the molecule is O=C(Nc1cccc2ccncc12)c1ccc(Cl)c(Br)c1. The number of halogens is 2. The molecule has 0 spiro atoms. The molecule has 0 radical (unpaired) electrons. The summed E-state index contributed by atoms with van der Waals surface area (Å²) < 4.78 is 0.691. The molecule has 0 aliphatic carbocycles. The molecule has 1 amide bonds. The minimum Gasteiger partial charge on any atom is -0.321 e. The van der Waals surface area contributed by atoms with Gasteiger partial charge in [-0.1, -0.05) is 23.7 Å². The van der Waals surface area contributed by atoms with Gasteiger partial charge in [0.15, 0.2) is 0 Å². The standard InChI is InChI=1S/C16H10BrClN2O/c17-13-8-11(4-5-14(13)18)16(21)20-15-3-1-2-10-6-7-19-9-12(10)15/h1-9H,(H,20,21). The van der Waals surface area contributed by atoms with Gasteiger partial charge in [-0.3, -0.25) is 9.78 Å². The van der Waals surface area contributed by atoms with Crippen LogP contribution in [0.4, 0.5) is 5.69 Å². The average Bonchev–Trinajstić information content (AvgIpc) is 2.50. The zero-order valence-electron chi connectivity index (χ0n) is 10.8. The zero-order chi connectivity index (χ0) is 14.8. The van der Waals surface area contributed by atoms with Crippen molar-refractivity contribution in [1.29, 1.82) is 0 Å². The van der Waals surface area contributed by atoms with Crippen LogP contribution in [0, 0.1) is 0 Å². The lowest BCUT2D eigenvalue weighted by Crippen LogP contribution is -2.12. The first kappa shape index (κ1) is 14.0. The molecular formula is C16H10BrClN2O. The van der Waals surface area contributed by atoms with Crippen LogP contribution in [0.25, 0.3) is 10.8 Å². The minimum absolute atomic E-state index is 0.191. The molecule has 0 bridgehead atoms. The summed E-state index contributed by atoms with van der Waals surface area (Å²) in [6.07, 6.45) is 3.47. The van der Waals surface area contributed by atoms with E-state index in [0.717, 1.165) is 16.5 Å². The van der Waals surface area contributed by atoms with Gasteiger partial charge in [0.2, 0.25) is 0 Å². The monoisotopic (exact) mass is 360 g/mol. The number of pyridine rings is 1. The van der Waals surface area contributed by atoms with Gasteiger partial charge in [0.1, 0.15) is 0 Å². The van der Waals surface area contributed by atoms with E-state index in [2.05, 4.69) is 26.2 Å². The second-order valence-electron chi connectivity index (χ2n) is 4.49. The van der Waals surface area contributed by atoms with E-state index in [1.165, 1.54) is 0 Å². The van der Waals surface area contributed by atoms with Gasteiger partial charge < -0.3 is 5.32 Å². The number of rotatable bonds is 2. The van der Waals surface area contributed by atoms with Crippen LogP contribution in [0.15, 0.2) is 59.3 Å². The number of aromatic nitrogens is 1. The Morgan fingerprint density at radius 2 is 2.05 bits per heavy atom. The summed E-state index contributed by atoms with van der Waals surface area (Å²) in [4.78, 5) is 16.4. The van der Waals surface area contributed by atoms with Gasteiger partial charge in [-0.2, -0.15) is 0 Å². The molecule has 3 aromatic rings. The van der Waals surface area contributed by atoms with Crippen molar-refractivity contribution in [2.45, 2.75) is 0 Å². The van der Waals surface area contributed by atoms with Gasteiger partial charge in [0.05, 0.1) is 10.7 Å². The van der Waals surface area contributed by atoms with Gasteiger partial charge in [-0.25, -0.2) is 0 Å². The van der Waals surface area contributed by atoms with Gasteiger partial charge in [-0.15, -0.1) is 0 Å². The minimum atomic E-state index is -0.191. The Bertz CT molecular complexity index is 830. The lowest BCUT2D eigenvalue weighted by atomic mass is 10.1. The molecule has 0 atom stereocenters. The number of nitrogens with zero attached hydrogens (tertiary/aromatic N) is 1. The van der Waals surface area contributed by atoms with Crippen LogP contribution >= 0.6 is 27.5 Å². The number of anilines is 1. The summed E-state index contributed by atoms with van der Waals surface area (Å²) in [5.74, 6) is -0.191. The van der Waals surface area contributed by atoms with E-state index >= 15 is 0 Å². The van der Waals surface area contributed by atoms with E-state index in [1.54, 1.807) is 30.6 Å². The summed E-state index contributed by atoms with van der Waals surface area (Å²) in [5, 5.41) is 5.41. The Morgan fingerprint density at radius 3 is 2.86 bits per heavy atom. The predicted octanol–water partition coefficient (Wildman–Crippen LogP) is 4.90. The summed E-state index contributed by atoms with van der Waals surface area (Å²) in [6, 6.07) is 12.7. The van der Waals surface area contributed by atoms with E-state index in [9.17, 15) is 4.79 Å². The summed E-state index contributed by atoms with van der Waals surface area (Å²) in [5.41, 5.74) is 1.27. The number of hydrogen-bond donors (Lipinski definition) is 1. The number of benzene rings is 2. The van der Waals surface area contributed by atoms with Crippen LogP contribution in [0.1, 0.15) is 10.4 Å². The molecule has 3 rings (SSSR count). The molecule has 2 aromatic carbocycles. The van der Waals surface area contributed by atoms with E-state index < -0.39 is 0 Å². The first-order chi connectivity index (χ1) is 10.1. The Morgan fingerprint density at radius 1 is 1.19 bits per heavy atom. The van der Waals surface area contributed by atoms with E-state index in [0.29, 0.717) is 15.1 Å². The Hall–Kier alpha value is -1.91. The molecule has 5 heteroatoms. The largest absolute Gasteiger partial charge is 0.321 e. The summed E-state index contributed by atoms with van der Waals surface area (Å²) >= 11 is 9.25. The van der Waals surface area contributed by atoms with Crippen LogP contribution in [0.5, 0.6) is 0 Å². The van der Waals surface area contributed by atoms with Crippen molar-refractivity contribution in [3.63, 3.8) is 0 Å². The average molecular weight is 362 g/mol. The Labute approximate surface area is 135 Å². The van der Waals surface area contributed by atoms with Crippen LogP contribution in [0.2, 0.25) is 5.02 Å². The van der Waals surface area contributed by atoms with Crippen molar-refractivity contribution in [3.8, 4) is 0 Å². The fourth-order valence-electron chi connectivity index (χ4n) is 2.05. The van der Waals surface area contributed by atoms with E-state index in [-0.39, 0.29) is 5.91 Å². The highest BCUT2D eigenvalue weighted by atomic mass is 79.9. The fourth-order valence-corrected chi connectivity index (χ4v) is 2.55. The molecule has 3 nitrogen and oxygen atoms in total. The summed E-state index contributed by atoms with van der Waals surface area (Å²) in [6.45, 7) is 0. The molecule has 1 N–H and O–H groups in total. The van der Waals surface area contributed by atoms with Crippen molar-refractivity contribution < 1.29 is 4.79 Å². The number of carbonyl (C=O) groups excluding carboxylic acids is 1. The number of amides is 1. The molecule has 0 saturated heterocycles. The molecule has 1 heterocycles. The molecule has 104 valence electrons. The Kier molecular flexibility index (Phi) is 3.90. The fraction of sp³-hybridized carbons (Fsp3) is 0. The number of hydrogen-bond acceptors (Lipinski definition) is 2. The van der Waals surface area contributed by atoms with Crippen LogP contribution in [-0.2, 0) is 0 Å². The third-order valence-corrected chi connectivity index (χ3v) is 4.33. The highest BCUT2D eigenvalue weighted by molar-refractivity contribution is 9.10. The van der Waals surface area contributed by atoms with Crippen molar-refractivity contribution >= 4 is 49.9 Å². The first-order valence-electron chi connectivity index (χ1n) is 6.24. The van der Waals surface area contributed by atoms with Crippen LogP contribution < -0.4 is 5.32 Å². The van der Waals surface area contributed by atoms with Gasteiger partial charge in [0, 0.05) is 27.8 Å². The quantitative estimate of drug-likeness (QED) is 0.705. The normalized spacial score (nSPS) is 10.6. The van der Waals surface area contributed by atoms with Crippen molar-refractivity contribution in [1.82, 2.24) is 4.98 Å².